The predicted molar refractivity (Wildman–Crippen MR) is 78.8 cm³/mol. The fourth-order valence-electron chi connectivity index (χ4n) is 4.36. The Morgan fingerprint density at radius 3 is 2.33 bits per heavy atom. The van der Waals surface area contributed by atoms with Gasteiger partial charge in [-0.15, -0.1) is 0 Å². The second kappa shape index (κ2) is 5.95. The summed E-state index contributed by atoms with van der Waals surface area (Å²) in [6.07, 6.45) is 6.84. The number of fused-ring (bicyclic) bond motifs is 1. The minimum absolute atomic E-state index is 0.106. The highest BCUT2D eigenvalue weighted by Crippen LogP contribution is 2.55. The SMILES string of the molecule is CCN(CC(=O)O)C1CC(NC(=O)C2C3CCCCC32)C1. The highest BCUT2D eigenvalue weighted by atomic mass is 16.4. The number of hydrogen-bond acceptors (Lipinski definition) is 3. The van der Waals surface area contributed by atoms with Gasteiger partial charge in [-0.3, -0.25) is 14.5 Å². The van der Waals surface area contributed by atoms with E-state index in [1.807, 2.05) is 11.8 Å². The van der Waals surface area contributed by atoms with Gasteiger partial charge in [-0.1, -0.05) is 19.8 Å². The van der Waals surface area contributed by atoms with Crippen LogP contribution in [-0.2, 0) is 9.59 Å². The molecule has 2 atom stereocenters. The third-order valence-electron chi connectivity index (χ3n) is 5.68. The van der Waals surface area contributed by atoms with Crippen LogP contribution >= 0.6 is 0 Å². The van der Waals surface area contributed by atoms with Gasteiger partial charge < -0.3 is 10.4 Å². The van der Waals surface area contributed by atoms with E-state index in [1.165, 1.54) is 25.7 Å². The lowest BCUT2D eigenvalue weighted by Crippen LogP contribution is -2.55. The average Bonchev–Trinajstić information content (AvgIpc) is 3.14. The van der Waals surface area contributed by atoms with Gasteiger partial charge in [0.15, 0.2) is 0 Å². The minimum Gasteiger partial charge on any atom is -0.480 e. The third-order valence-corrected chi connectivity index (χ3v) is 5.68. The van der Waals surface area contributed by atoms with Crippen LogP contribution < -0.4 is 5.32 Å². The zero-order valence-electron chi connectivity index (χ0n) is 12.8. The molecule has 5 nitrogen and oxygen atoms in total. The summed E-state index contributed by atoms with van der Waals surface area (Å²) in [5.74, 6) is 1.10. The maximum Gasteiger partial charge on any atom is 0.317 e. The van der Waals surface area contributed by atoms with E-state index < -0.39 is 5.97 Å². The Balaban J connectivity index is 1.40. The molecule has 3 aliphatic rings. The molecule has 5 heteroatoms. The molecule has 3 fully saturated rings. The summed E-state index contributed by atoms with van der Waals surface area (Å²) in [7, 11) is 0. The number of aliphatic carboxylic acids is 1. The van der Waals surface area contributed by atoms with Gasteiger partial charge in [0.2, 0.25) is 5.91 Å². The molecule has 0 saturated heterocycles. The quantitative estimate of drug-likeness (QED) is 0.778. The molecule has 2 N–H and O–H groups in total. The summed E-state index contributed by atoms with van der Waals surface area (Å²) in [6, 6.07) is 0.575. The van der Waals surface area contributed by atoms with E-state index in [9.17, 15) is 9.59 Å². The molecule has 0 heterocycles. The number of rotatable bonds is 6. The lowest BCUT2D eigenvalue weighted by molar-refractivity contribution is -0.140. The Kier molecular flexibility index (Phi) is 4.20. The van der Waals surface area contributed by atoms with Crippen molar-refractivity contribution in [3.63, 3.8) is 0 Å². The van der Waals surface area contributed by atoms with Gasteiger partial charge in [-0.05, 0) is 44.1 Å². The number of hydrogen-bond donors (Lipinski definition) is 2. The van der Waals surface area contributed by atoms with Gasteiger partial charge in [-0.25, -0.2) is 0 Å². The molecule has 1 amide bonds. The number of amides is 1. The molecule has 3 aliphatic carbocycles. The highest BCUT2D eigenvalue weighted by molar-refractivity contribution is 5.82. The monoisotopic (exact) mass is 294 g/mol. The first-order valence-corrected chi connectivity index (χ1v) is 8.36. The van der Waals surface area contributed by atoms with Gasteiger partial charge >= 0.3 is 5.97 Å². The lowest BCUT2D eigenvalue weighted by Gasteiger charge is -2.42. The molecular weight excluding hydrogens is 268 g/mol. The molecule has 21 heavy (non-hydrogen) atoms. The van der Waals surface area contributed by atoms with Crippen molar-refractivity contribution in [3.05, 3.63) is 0 Å². The second-order valence-electron chi connectivity index (χ2n) is 6.93. The number of carbonyl (C=O) groups is 2. The summed E-state index contributed by atoms with van der Waals surface area (Å²) >= 11 is 0. The Labute approximate surface area is 126 Å². The largest absolute Gasteiger partial charge is 0.480 e. The smallest absolute Gasteiger partial charge is 0.317 e. The molecule has 0 aromatic carbocycles. The van der Waals surface area contributed by atoms with Crippen LogP contribution in [0.5, 0.6) is 0 Å². The summed E-state index contributed by atoms with van der Waals surface area (Å²) in [6.45, 7) is 2.85. The number of nitrogens with zero attached hydrogens (tertiary/aromatic N) is 1. The molecular formula is C16H26N2O3. The van der Waals surface area contributed by atoms with Crippen molar-refractivity contribution in [1.82, 2.24) is 10.2 Å². The van der Waals surface area contributed by atoms with E-state index in [0.29, 0.717) is 17.9 Å². The topological polar surface area (TPSA) is 69.6 Å². The predicted octanol–water partition coefficient (Wildman–Crippen LogP) is 1.48. The fraction of sp³-hybridized carbons (Fsp3) is 0.875. The van der Waals surface area contributed by atoms with Crippen molar-refractivity contribution in [3.8, 4) is 0 Å². The minimum atomic E-state index is -0.772. The van der Waals surface area contributed by atoms with Crippen LogP contribution in [0.1, 0.15) is 45.4 Å². The van der Waals surface area contributed by atoms with Crippen LogP contribution in [0.2, 0.25) is 0 Å². The summed E-state index contributed by atoms with van der Waals surface area (Å²) in [5.41, 5.74) is 0. The maximum atomic E-state index is 12.3. The van der Waals surface area contributed by atoms with Gasteiger partial charge in [0.1, 0.15) is 0 Å². The van der Waals surface area contributed by atoms with E-state index in [-0.39, 0.29) is 24.4 Å². The average molecular weight is 294 g/mol. The van der Waals surface area contributed by atoms with Crippen molar-refractivity contribution in [2.75, 3.05) is 13.1 Å². The van der Waals surface area contributed by atoms with Crippen molar-refractivity contribution < 1.29 is 14.7 Å². The van der Waals surface area contributed by atoms with Crippen LogP contribution in [0, 0.1) is 17.8 Å². The zero-order chi connectivity index (χ0) is 15.0. The first-order valence-electron chi connectivity index (χ1n) is 8.36. The highest BCUT2D eigenvalue weighted by Gasteiger charge is 2.55. The molecule has 0 aliphatic heterocycles. The number of nitrogens with one attached hydrogen (secondary N) is 1. The number of carbonyl (C=O) groups excluding carboxylic acids is 1. The number of carboxylic acids is 1. The Hall–Kier alpha value is -1.10. The maximum absolute atomic E-state index is 12.3. The van der Waals surface area contributed by atoms with Crippen LogP contribution in [0.3, 0.4) is 0 Å². The summed E-state index contributed by atoms with van der Waals surface area (Å²) < 4.78 is 0. The van der Waals surface area contributed by atoms with Gasteiger partial charge in [-0.2, -0.15) is 0 Å². The van der Waals surface area contributed by atoms with E-state index >= 15 is 0 Å². The van der Waals surface area contributed by atoms with Crippen LogP contribution in [0.25, 0.3) is 0 Å². The summed E-state index contributed by atoms with van der Waals surface area (Å²) in [4.78, 5) is 25.1. The molecule has 0 bridgehead atoms. The van der Waals surface area contributed by atoms with Crippen LogP contribution in [0.15, 0.2) is 0 Å². The Morgan fingerprint density at radius 2 is 1.81 bits per heavy atom. The zero-order valence-corrected chi connectivity index (χ0v) is 12.8. The molecule has 2 unspecified atom stereocenters. The van der Waals surface area contributed by atoms with E-state index in [2.05, 4.69) is 5.32 Å². The van der Waals surface area contributed by atoms with Crippen LogP contribution in [-0.4, -0.2) is 47.1 Å². The molecule has 118 valence electrons. The van der Waals surface area contributed by atoms with Crippen molar-refractivity contribution in [1.29, 1.82) is 0 Å². The number of likely N-dealkylation sites (N-methyl/N-ethyl adjacent to an activating group) is 1. The van der Waals surface area contributed by atoms with Gasteiger partial charge in [0.05, 0.1) is 6.54 Å². The van der Waals surface area contributed by atoms with E-state index in [4.69, 9.17) is 5.11 Å². The van der Waals surface area contributed by atoms with Crippen molar-refractivity contribution in [2.24, 2.45) is 17.8 Å². The van der Waals surface area contributed by atoms with Crippen LogP contribution in [0.4, 0.5) is 0 Å². The molecule has 0 spiro atoms. The Morgan fingerprint density at radius 1 is 1.19 bits per heavy atom. The van der Waals surface area contributed by atoms with E-state index in [0.717, 1.165) is 19.4 Å². The van der Waals surface area contributed by atoms with Gasteiger partial charge in [0, 0.05) is 18.0 Å². The molecule has 0 aromatic rings. The van der Waals surface area contributed by atoms with Gasteiger partial charge in [0.25, 0.3) is 0 Å². The van der Waals surface area contributed by atoms with Crippen molar-refractivity contribution >= 4 is 11.9 Å². The number of carboxylic acid groups (broad SMARTS) is 1. The van der Waals surface area contributed by atoms with Crippen molar-refractivity contribution in [2.45, 2.75) is 57.5 Å². The Bertz CT molecular complexity index is 408. The fourth-order valence-corrected chi connectivity index (χ4v) is 4.36. The molecule has 3 rings (SSSR count). The normalized spacial score (nSPS) is 37.5. The first kappa shape index (κ1) is 14.8. The van der Waals surface area contributed by atoms with E-state index in [1.54, 1.807) is 0 Å². The second-order valence-corrected chi connectivity index (χ2v) is 6.93. The summed E-state index contributed by atoms with van der Waals surface area (Å²) in [5, 5.41) is 12.1. The third kappa shape index (κ3) is 3.07. The molecule has 0 radical (unpaired) electrons. The molecule has 0 aromatic heterocycles. The first-order chi connectivity index (χ1) is 10.1. The standard InChI is InChI=1S/C16H26N2O3/c1-2-18(9-14(19)20)11-7-10(8-11)17-16(21)15-12-5-3-4-6-13(12)15/h10-13,15H,2-9H2,1H3,(H,17,21)(H,19,20). The lowest BCUT2D eigenvalue weighted by atomic mass is 9.85. The molecule has 3 saturated carbocycles.